The summed E-state index contributed by atoms with van der Waals surface area (Å²) in [5.41, 5.74) is 0.260. The molecule has 1 saturated carbocycles. The molecule has 1 fully saturated rings. The molecule has 26 heavy (non-hydrogen) atoms. The lowest BCUT2D eigenvalue weighted by atomic mass is 10.1. The van der Waals surface area contributed by atoms with Crippen molar-refractivity contribution in [2.45, 2.75) is 42.8 Å². The Morgan fingerprint density at radius 1 is 1.46 bits per heavy atom. The maximum atomic E-state index is 12.9. The Kier molecular flexibility index (Phi) is 5.26. The molecule has 1 heterocycles. The van der Waals surface area contributed by atoms with E-state index in [2.05, 4.69) is 24.0 Å². The van der Waals surface area contributed by atoms with Crippen LogP contribution < -0.4 is 0 Å². The zero-order valence-electron chi connectivity index (χ0n) is 15.0. The van der Waals surface area contributed by atoms with Crippen LogP contribution in [-0.4, -0.2) is 43.1 Å². The van der Waals surface area contributed by atoms with E-state index < -0.39 is 4.92 Å². The first-order valence-electron chi connectivity index (χ1n) is 8.48. The molecule has 0 bridgehead atoms. The number of nitro groups is 1. The molecule has 0 unspecified atom stereocenters. The van der Waals surface area contributed by atoms with Gasteiger partial charge < -0.3 is 9.47 Å². The second kappa shape index (κ2) is 7.45. The number of benzene rings is 1. The van der Waals surface area contributed by atoms with Crippen molar-refractivity contribution < 1.29 is 9.72 Å². The number of carbonyl (C=O) groups is 1. The van der Waals surface area contributed by atoms with Gasteiger partial charge in [0, 0.05) is 31.3 Å². The number of hydrogen-bond acceptors (Lipinski definition) is 6. The van der Waals surface area contributed by atoms with Crippen LogP contribution in [0.15, 0.2) is 34.6 Å². The van der Waals surface area contributed by atoms with Crippen LogP contribution in [0.5, 0.6) is 0 Å². The topological polar surface area (TPSA) is 94.2 Å². The second-order valence-electron chi connectivity index (χ2n) is 6.85. The number of carbonyl (C=O) groups excluding carboxylic acids is 1. The molecule has 0 aliphatic heterocycles. The maximum Gasteiger partial charge on any atom is 0.284 e. The summed E-state index contributed by atoms with van der Waals surface area (Å²) in [6, 6.07) is 4.91. The molecule has 9 heteroatoms. The van der Waals surface area contributed by atoms with Crippen molar-refractivity contribution >= 4 is 23.4 Å². The Morgan fingerprint density at radius 3 is 2.73 bits per heavy atom. The Balaban J connectivity index is 1.89. The van der Waals surface area contributed by atoms with Crippen LogP contribution in [0.2, 0.25) is 0 Å². The van der Waals surface area contributed by atoms with Gasteiger partial charge in [-0.2, -0.15) is 0 Å². The summed E-state index contributed by atoms with van der Waals surface area (Å²) in [6.07, 6.45) is 3.53. The largest absolute Gasteiger partial charge is 0.335 e. The van der Waals surface area contributed by atoms with E-state index >= 15 is 0 Å². The van der Waals surface area contributed by atoms with Crippen molar-refractivity contribution in [2.75, 3.05) is 6.54 Å². The summed E-state index contributed by atoms with van der Waals surface area (Å²) in [5, 5.41) is 19.8. The third-order valence-electron chi connectivity index (χ3n) is 4.08. The van der Waals surface area contributed by atoms with Crippen molar-refractivity contribution in [3.8, 4) is 0 Å². The predicted molar refractivity (Wildman–Crippen MR) is 97.1 cm³/mol. The number of nitrogens with zero attached hydrogens (tertiary/aromatic N) is 5. The number of nitro benzene ring substituents is 1. The van der Waals surface area contributed by atoms with Crippen molar-refractivity contribution in [1.82, 2.24) is 19.7 Å². The number of rotatable bonds is 7. The summed E-state index contributed by atoms with van der Waals surface area (Å²) >= 11 is 1.16. The highest BCUT2D eigenvalue weighted by atomic mass is 32.2. The number of aryl methyl sites for hydroxylation is 1. The normalized spacial score (nSPS) is 13.8. The first-order chi connectivity index (χ1) is 12.4. The minimum Gasteiger partial charge on any atom is -0.335 e. The molecule has 0 saturated heterocycles. The van der Waals surface area contributed by atoms with Gasteiger partial charge in [-0.25, -0.2) is 0 Å². The highest BCUT2D eigenvalue weighted by Crippen LogP contribution is 2.35. The Bertz CT molecular complexity index is 832. The van der Waals surface area contributed by atoms with E-state index in [0.717, 1.165) is 24.6 Å². The molecule has 138 valence electrons. The fourth-order valence-corrected chi connectivity index (χ4v) is 3.54. The number of amides is 1. The lowest BCUT2D eigenvalue weighted by Gasteiger charge is -2.24. The van der Waals surface area contributed by atoms with E-state index in [9.17, 15) is 14.9 Å². The maximum absolute atomic E-state index is 12.9. The van der Waals surface area contributed by atoms with Gasteiger partial charge >= 0.3 is 0 Å². The van der Waals surface area contributed by atoms with Crippen LogP contribution in [0.3, 0.4) is 0 Å². The van der Waals surface area contributed by atoms with E-state index in [0.29, 0.717) is 28.1 Å². The third-order valence-corrected chi connectivity index (χ3v) is 5.20. The van der Waals surface area contributed by atoms with Gasteiger partial charge in [0.1, 0.15) is 6.33 Å². The minimum absolute atomic E-state index is 0.0934. The zero-order valence-corrected chi connectivity index (χ0v) is 15.8. The summed E-state index contributed by atoms with van der Waals surface area (Å²) in [4.78, 5) is 26.2. The second-order valence-corrected chi connectivity index (χ2v) is 7.86. The average molecular weight is 375 g/mol. The van der Waals surface area contributed by atoms with E-state index in [-0.39, 0.29) is 17.6 Å². The van der Waals surface area contributed by atoms with Crippen LogP contribution in [-0.2, 0) is 7.05 Å². The molecule has 8 nitrogen and oxygen atoms in total. The fraction of sp³-hybridized carbons (Fsp3) is 0.471. The molecule has 1 aliphatic rings. The van der Waals surface area contributed by atoms with E-state index in [1.54, 1.807) is 23.7 Å². The molecular formula is C17H21N5O3S. The SMILES string of the molecule is CC(C)CN(C(=O)c1ccc(Sc2nncn2C)c([N+](=O)[O-])c1)C1CC1. The lowest BCUT2D eigenvalue weighted by molar-refractivity contribution is -0.387. The first kappa shape index (κ1) is 18.4. The molecular weight excluding hydrogens is 354 g/mol. The average Bonchev–Trinajstić information content (AvgIpc) is 3.36. The molecule has 3 rings (SSSR count). The van der Waals surface area contributed by atoms with Crippen LogP contribution in [0, 0.1) is 16.0 Å². The summed E-state index contributed by atoms with van der Waals surface area (Å²) in [6.45, 7) is 4.78. The Morgan fingerprint density at radius 2 is 2.19 bits per heavy atom. The van der Waals surface area contributed by atoms with Gasteiger partial charge in [-0.1, -0.05) is 13.8 Å². The lowest BCUT2D eigenvalue weighted by Crippen LogP contribution is -2.36. The minimum atomic E-state index is -0.459. The molecule has 0 atom stereocenters. The molecule has 0 radical (unpaired) electrons. The molecule has 1 aliphatic carbocycles. The molecule has 1 amide bonds. The van der Waals surface area contributed by atoms with Gasteiger partial charge in [0.15, 0.2) is 5.16 Å². The van der Waals surface area contributed by atoms with Crippen molar-refractivity contribution in [3.05, 3.63) is 40.2 Å². The van der Waals surface area contributed by atoms with Crippen LogP contribution in [0.25, 0.3) is 0 Å². The monoisotopic (exact) mass is 375 g/mol. The van der Waals surface area contributed by atoms with Crippen LogP contribution in [0.1, 0.15) is 37.0 Å². The van der Waals surface area contributed by atoms with Crippen LogP contribution in [0.4, 0.5) is 5.69 Å². The van der Waals surface area contributed by atoms with Crippen molar-refractivity contribution in [3.63, 3.8) is 0 Å². The van der Waals surface area contributed by atoms with Gasteiger partial charge in [0.25, 0.3) is 11.6 Å². The van der Waals surface area contributed by atoms with Crippen LogP contribution >= 0.6 is 11.8 Å². The summed E-state index contributed by atoms with van der Waals surface area (Å²) in [5.74, 6) is 0.208. The Labute approximate surface area is 155 Å². The third kappa shape index (κ3) is 4.04. The smallest absolute Gasteiger partial charge is 0.284 e. The summed E-state index contributed by atoms with van der Waals surface area (Å²) < 4.78 is 1.69. The van der Waals surface area contributed by atoms with Crippen molar-refractivity contribution in [2.24, 2.45) is 13.0 Å². The zero-order chi connectivity index (χ0) is 18.8. The summed E-state index contributed by atoms with van der Waals surface area (Å²) in [7, 11) is 1.77. The predicted octanol–water partition coefficient (Wildman–Crippen LogP) is 3.14. The van der Waals surface area contributed by atoms with E-state index in [1.807, 2.05) is 4.90 Å². The first-order valence-corrected chi connectivity index (χ1v) is 9.29. The van der Waals surface area contributed by atoms with Gasteiger partial charge in [-0.3, -0.25) is 14.9 Å². The Hall–Kier alpha value is -2.42. The number of hydrogen-bond donors (Lipinski definition) is 0. The molecule has 2 aromatic rings. The van der Waals surface area contributed by atoms with Gasteiger partial charge in [0.2, 0.25) is 0 Å². The molecule has 0 spiro atoms. The van der Waals surface area contributed by atoms with Crippen molar-refractivity contribution in [1.29, 1.82) is 0 Å². The van der Waals surface area contributed by atoms with Gasteiger partial charge in [-0.15, -0.1) is 10.2 Å². The fourth-order valence-electron chi connectivity index (χ4n) is 2.69. The molecule has 1 aromatic carbocycles. The van der Waals surface area contributed by atoms with Gasteiger partial charge in [0.05, 0.1) is 9.82 Å². The molecule has 1 aromatic heterocycles. The highest BCUT2D eigenvalue weighted by molar-refractivity contribution is 7.99. The molecule has 0 N–H and O–H groups in total. The number of aromatic nitrogens is 3. The van der Waals surface area contributed by atoms with Gasteiger partial charge in [-0.05, 0) is 42.7 Å². The van der Waals surface area contributed by atoms with E-state index in [4.69, 9.17) is 0 Å². The highest BCUT2D eigenvalue weighted by Gasteiger charge is 2.34. The standard InChI is InChI=1S/C17H21N5O3S/c1-11(2)9-21(13-5-6-13)16(23)12-4-7-15(14(8-12)22(24)25)26-17-19-18-10-20(17)3/h4,7-8,10-11,13H,5-6,9H2,1-3H3. The van der Waals surface area contributed by atoms with E-state index in [1.165, 1.54) is 12.4 Å². The quantitative estimate of drug-likeness (QED) is 0.545.